The Hall–Kier alpha value is -1.83. The van der Waals surface area contributed by atoms with E-state index in [1.165, 1.54) is 11.6 Å². The fourth-order valence-electron chi connectivity index (χ4n) is 1.94. The van der Waals surface area contributed by atoms with Gasteiger partial charge in [-0.15, -0.1) is 0 Å². The van der Waals surface area contributed by atoms with Crippen molar-refractivity contribution in [1.29, 1.82) is 0 Å². The fourth-order valence-corrected chi connectivity index (χ4v) is 1.94. The Balaban J connectivity index is 2.17. The van der Waals surface area contributed by atoms with E-state index in [2.05, 4.69) is 10.2 Å². The third-order valence-corrected chi connectivity index (χ3v) is 2.80. The van der Waals surface area contributed by atoms with Gasteiger partial charge >= 0.3 is 0 Å². The van der Waals surface area contributed by atoms with Crippen LogP contribution in [0.5, 0.6) is 0 Å². The van der Waals surface area contributed by atoms with Gasteiger partial charge in [-0.25, -0.2) is 8.78 Å². The molecule has 1 aliphatic rings. The summed E-state index contributed by atoms with van der Waals surface area (Å²) in [6.45, 7) is 3.03. The van der Waals surface area contributed by atoms with Crippen LogP contribution in [-0.4, -0.2) is 43.7 Å². The Bertz CT molecular complexity index is 529. The molecule has 6 nitrogen and oxygen atoms in total. The van der Waals surface area contributed by atoms with E-state index in [-0.39, 0.29) is 18.7 Å². The maximum Gasteiger partial charge on any atom is 0.287 e. The van der Waals surface area contributed by atoms with E-state index in [0.29, 0.717) is 5.01 Å². The summed E-state index contributed by atoms with van der Waals surface area (Å²) in [7, 11) is 0. The number of hydrogen-bond donors (Lipinski definition) is 1. The number of halogens is 2. The molecule has 2 heterocycles. The van der Waals surface area contributed by atoms with Crippen molar-refractivity contribution in [3.63, 3.8) is 0 Å². The van der Waals surface area contributed by atoms with Crippen molar-refractivity contribution < 1.29 is 18.7 Å². The first-order valence-corrected chi connectivity index (χ1v) is 5.69. The number of aryl methyl sites for hydroxylation is 1. The molecule has 0 bridgehead atoms. The van der Waals surface area contributed by atoms with Crippen LogP contribution in [0.3, 0.4) is 0 Å². The highest BCUT2D eigenvalue weighted by molar-refractivity contribution is 5.88. The summed E-state index contributed by atoms with van der Waals surface area (Å²) in [5.74, 6) is -0.734. The van der Waals surface area contributed by atoms with Gasteiger partial charge in [-0.3, -0.25) is 9.48 Å². The quantitative estimate of drug-likeness (QED) is 0.882. The average molecular weight is 272 g/mol. The van der Waals surface area contributed by atoms with Crippen LogP contribution in [0.1, 0.15) is 18.9 Å². The van der Waals surface area contributed by atoms with E-state index in [1.807, 2.05) is 0 Å². The van der Waals surface area contributed by atoms with E-state index < -0.39 is 18.1 Å². The molecule has 2 rings (SSSR count). The molecule has 1 aromatic heterocycles. The molecular formula is C11H14F2N4O2. The van der Waals surface area contributed by atoms with Crippen molar-refractivity contribution in [1.82, 2.24) is 14.8 Å². The zero-order valence-electron chi connectivity index (χ0n) is 10.5. The lowest BCUT2D eigenvalue weighted by molar-refractivity contribution is -0.192. The summed E-state index contributed by atoms with van der Waals surface area (Å²) in [4.78, 5) is 12.0. The summed E-state index contributed by atoms with van der Waals surface area (Å²) in [6.07, 6.45) is -0.289. The summed E-state index contributed by atoms with van der Waals surface area (Å²) in [6, 6.07) is 0. The third-order valence-electron chi connectivity index (χ3n) is 2.80. The second-order valence-corrected chi connectivity index (χ2v) is 4.61. The molecule has 104 valence electrons. The highest BCUT2D eigenvalue weighted by Gasteiger charge is 2.50. The van der Waals surface area contributed by atoms with Gasteiger partial charge in [-0.2, -0.15) is 15.2 Å². The molecule has 0 unspecified atom stereocenters. The zero-order chi connectivity index (χ0) is 14.2. The fraction of sp³-hybridized carbons (Fsp3) is 0.545. The monoisotopic (exact) mass is 272 g/mol. The first-order valence-electron chi connectivity index (χ1n) is 5.69. The lowest BCUT2D eigenvalue weighted by Crippen LogP contribution is -2.52. The second-order valence-electron chi connectivity index (χ2n) is 4.61. The molecule has 0 radical (unpaired) electrons. The summed E-state index contributed by atoms with van der Waals surface area (Å²) in [5.41, 5.74) is -1.42. The number of alkyl halides is 2. The van der Waals surface area contributed by atoms with Gasteiger partial charge in [0.15, 0.2) is 0 Å². The Morgan fingerprint density at radius 1 is 1.58 bits per heavy atom. The summed E-state index contributed by atoms with van der Waals surface area (Å²) >= 11 is 0. The van der Waals surface area contributed by atoms with Gasteiger partial charge in [0.2, 0.25) is 5.72 Å². The molecule has 0 fully saturated rings. The van der Waals surface area contributed by atoms with E-state index in [1.54, 1.807) is 19.3 Å². The predicted molar refractivity (Wildman–Crippen MR) is 62.5 cm³/mol. The van der Waals surface area contributed by atoms with Crippen LogP contribution in [0.15, 0.2) is 17.5 Å². The Morgan fingerprint density at radius 3 is 2.79 bits per heavy atom. The maximum absolute atomic E-state index is 12.9. The molecule has 1 aliphatic heterocycles. The summed E-state index contributed by atoms with van der Waals surface area (Å²) < 4.78 is 27.1. The van der Waals surface area contributed by atoms with Gasteiger partial charge in [-0.1, -0.05) is 0 Å². The van der Waals surface area contributed by atoms with E-state index in [0.717, 1.165) is 5.56 Å². The third kappa shape index (κ3) is 2.48. The standard InChI is InChI=1S/C11H14F2N4O2/c1-7-4-14-16(5-7)6-9(18)17-11(19,10(12)13)3-8(2)15-17/h4-5,10,19H,3,6H2,1-2H3/t11-/m0/s1. The average Bonchev–Trinajstić information content (AvgIpc) is 2.83. The van der Waals surface area contributed by atoms with Gasteiger partial charge < -0.3 is 5.11 Å². The van der Waals surface area contributed by atoms with Gasteiger partial charge in [0.25, 0.3) is 12.3 Å². The van der Waals surface area contributed by atoms with E-state index in [9.17, 15) is 18.7 Å². The Kier molecular flexibility index (Phi) is 3.36. The molecular weight excluding hydrogens is 258 g/mol. The number of carbonyl (C=O) groups is 1. The largest absolute Gasteiger partial charge is 0.364 e. The number of carbonyl (C=O) groups excluding carboxylic acids is 1. The van der Waals surface area contributed by atoms with Crippen molar-refractivity contribution in [3.05, 3.63) is 18.0 Å². The molecule has 1 aromatic rings. The van der Waals surface area contributed by atoms with Crippen molar-refractivity contribution in [2.24, 2.45) is 5.10 Å². The van der Waals surface area contributed by atoms with Gasteiger partial charge in [0, 0.05) is 18.3 Å². The summed E-state index contributed by atoms with van der Waals surface area (Å²) in [5, 5.41) is 17.9. The number of nitrogens with zero attached hydrogens (tertiary/aromatic N) is 4. The van der Waals surface area contributed by atoms with Crippen molar-refractivity contribution in [2.45, 2.75) is 39.0 Å². The van der Waals surface area contributed by atoms with E-state index >= 15 is 0 Å². The number of hydrogen-bond acceptors (Lipinski definition) is 4. The van der Waals surface area contributed by atoms with Crippen LogP contribution in [-0.2, 0) is 11.3 Å². The highest BCUT2D eigenvalue weighted by Crippen LogP contribution is 2.31. The van der Waals surface area contributed by atoms with Crippen LogP contribution in [0.2, 0.25) is 0 Å². The van der Waals surface area contributed by atoms with Crippen molar-refractivity contribution >= 4 is 11.6 Å². The number of aromatic nitrogens is 2. The Labute approximate surface area is 108 Å². The van der Waals surface area contributed by atoms with Crippen LogP contribution in [0.4, 0.5) is 8.78 Å². The van der Waals surface area contributed by atoms with Gasteiger partial charge in [-0.05, 0) is 19.4 Å². The Morgan fingerprint density at radius 2 is 2.26 bits per heavy atom. The van der Waals surface area contributed by atoms with Gasteiger partial charge in [0.1, 0.15) is 6.54 Å². The van der Waals surface area contributed by atoms with Crippen LogP contribution in [0.25, 0.3) is 0 Å². The SMILES string of the molecule is CC1=NN(C(=O)Cn2cc(C)cn2)[C@@](O)(C(F)F)C1. The number of amides is 1. The molecule has 0 saturated carbocycles. The molecule has 0 spiro atoms. The number of aliphatic hydroxyl groups is 1. The molecule has 19 heavy (non-hydrogen) atoms. The topological polar surface area (TPSA) is 70.7 Å². The minimum absolute atomic E-state index is 0.250. The van der Waals surface area contributed by atoms with Crippen LogP contribution >= 0.6 is 0 Å². The lowest BCUT2D eigenvalue weighted by Gasteiger charge is -2.29. The first kappa shape index (κ1) is 13.6. The number of rotatable bonds is 3. The first-order chi connectivity index (χ1) is 8.83. The molecule has 1 N–H and O–H groups in total. The lowest BCUT2D eigenvalue weighted by atomic mass is 10.1. The van der Waals surface area contributed by atoms with Crippen LogP contribution < -0.4 is 0 Å². The van der Waals surface area contributed by atoms with Crippen molar-refractivity contribution in [3.8, 4) is 0 Å². The molecule has 1 atom stereocenters. The minimum atomic E-state index is -3.09. The van der Waals surface area contributed by atoms with Crippen molar-refractivity contribution in [2.75, 3.05) is 0 Å². The molecule has 1 amide bonds. The minimum Gasteiger partial charge on any atom is -0.364 e. The maximum atomic E-state index is 12.9. The van der Waals surface area contributed by atoms with Gasteiger partial charge in [0.05, 0.1) is 6.20 Å². The smallest absolute Gasteiger partial charge is 0.287 e. The van der Waals surface area contributed by atoms with Crippen LogP contribution in [0, 0.1) is 6.92 Å². The predicted octanol–water partition coefficient (Wildman–Crippen LogP) is 0.753. The molecule has 8 heteroatoms. The number of hydrazone groups is 1. The zero-order valence-corrected chi connectivity index (χ0v) is 10.5. The van der Waals surface area contributed by atoms with E-state index in [4.69, 9.17) is 0 Å². The highest BCUT2D eigenvalue weighted by atomic mass is 19.3. The normalized spacial score (nSPS) is 23.1. The molecule has 0 aliphatic carbocycles. The molecule has 0 aromatic carbocycles. The molecule has 0 saturated heterocycles. The second kappa shape index (κ2) is 4.69.